The summed E-state index contributed by atoms with van der Waals surface area (Å²) in [5, 5.41) is 8.33. The van der Waals surface area contributed by atoms with E-state index < -0.39 is 12.0 Å². The smallest absolute Gasteiger partial charge is 0.320 e. The van der Waals surface area contributed by atoms with Crippen molar-refractivity contribution in [3.8, 4) is 0 Å². The molecule has 6 nitrogen and oxygen atoms in total. The van der Waals surface area contributed by atoms with E-state index in [0.717, 1.165) is 38.8 Å². The van der Waals surface area contributed by atoms with Crippen molar-refractivity contribution in [1.29, 1.82) is 0 Å². The van der Waals surface area contributed by atoms with E-state index in [1.165, 1.54) is 6.42 Å². The van der Waals surface area contributed by atoms with E-state index in [9.17, 15) is 4.79 Å². The largest absolute Gasteiger partial charge is 0.480 e. The molecule has 17 heavy (non-hydrogen) atoms. The van der Waals surface area contributed by atoms with E-state index in [0.29, 0.717) is 13.0 Å². The molecule has 0 unspecified atom stereocenters. The van der Waals surface area contributed by atoms with E-state index in [-0.39, 0.29) is 0 Å². The molecule has 0 saturated heterocycles. The fourth-order valence-electron chi connectivity index (χ4n) is 1.10. The van der Waals surface area contributed by atoms with E-state index in [4.69, 9.17) is 28.0 Å². The van der Waals surface area contributed by atoms with Gasteiger partial charge in [-0.15, -0.1) is 0 Å². The maximum Gasteiger partial charge on any atom is 0.320 e. The number of unbranched alkanes of at least 4 members (excludes halogenated alkanes) is 3. The van der Waals surface area contributed by atoms with Gasteiger partial charge in [-0.2, -0.15) is 0 Å². The van der Waals surface area contributed by atoms with Gasteiger partial charge in [-0.05, 0) is 45.3 Å². The highest BCUT2D eigenvalue weighted by molar-refractivity contribution is 5.72. The van der Waals surface area contributed by atoms with E-state index >= 15 is 0 Å². The maximum absolute atomic E-state index is 10.1. The van der Waals surface area contributed by atoms with Crippen molar-refractivity contribution in [3.63, 3.8) is 0 Å². The Hall–Kier alpha value is -0.690. The molecule has 0 fully saturated rings. The zero-order chi connectivity index (χ0) is 13.5. The normalized spacial score (nSPS) is 11.5. The zero-order valence-electron chi connectivity index (χ0n) is 10.6. The quantitative estimate of drug-likeness (QED) is 0.351. The Morgan fingerprint density at radius 1 is 0.882 bits per heavy atom. The molecular weight excluding hydrogens is 220 g/mol. The summed E-state index contributed by atoms with van der Waals surface area (Å²) in [5.41, 5.74) is 20.9. The summed E-state index contributed by atoms with van der Waals surface area (Å²) in [5.74, 6) is -0.933. The minimum absolute atomic E-state index is 0.520. The van der Waals surface area contributed by atoms with Gasteiger partial charge in [0.15, 0.2) is 0 Å². The summed E-state index contributed by atoms with van der Waals surface area (Å²) in [6, 6.07) is -0.716. The third-order valence-electron chi connectivity index (χ3n) is 2.19. The van der Waals surface area contributed by atoms with Gasteiger partial charge in [-0.1, -0.05) is 12.8 Å². The van der Waals surface area contributed by atoms with Crippen LogP contribution >= 0.6 is 0 Å². The number of carboxylic acids is 1. The topological polar surface area (TPSA) is 141 Å². The SMILES string of the molecule is NCCCCCN.NCCCC[C@H](N)C(=O)O. The molecule has 0 saturated carbocycles. The van der Waals surface area contributed by atoms with Crippen molar-refractivity contribution in [3.05, 3.63) is 0 Å². The second-order valence-electron chi connectivity index (χ2n) is 3.87. The van der Waals surface area contributed by atoms with Crippen molar-refractivity contribution < 1.29 is 9.90 Å². The van der Waals surface area contributed by atoms with Gasteiger partial charge < -0.3 is 28.0 Å². The predicted octanol–water partition coefficient (Wildman–Crippen LogP) is -0.399. The van der Waals surface area contributed by atoms with Crippen molar-refractivity contribution in [2.45, 2.75) is 44.6 Å². The molecule has 0 amide bonds. The van der Waals surface area contributed by atoms with Crippen LogP contribution in [0, 0.1) is 0 Å². The summed E-state index contributed by atoms with van der Waals surface area (Å²) in [6.45, 7) is 2.21. The van der Waals surface area contributed by atoms with Gasteiger partial charge in [0.1, 0.15) is 6.04 Å². The zero-order valence-corrected chi connectivity index (χ0v) is 10.6. The van der Waals surface area contributed by atoms with Gasteiger partial charge >= 0.3 is 5.97 Å². The molecule has 6 heteroatoms. The Morgan fingerprint density at radius 3 is 1.65 bits per heavy atom. The molecule has 0 heterocycles. The van der Waals surface area contributed by atoms with Crippen LogP contribution in [0.2, 0.25) is 0 Å². The fourth-order valence-corrected chi connectivity index (χ4v) is 1.10. The Balaban J connectivity index is 0. The molecule has 9 N–H and O–H groups in total. The Morgan fingerprint density at radius 2 is 1.29 bits per heavy atom. The van der Waals surface area contributed by atoms with Gasteiger partial charge in [0.25, 0.3) is 0 Å². The highest BCUT2D eigenvalue weighted by Gasteiger charge is 2.09. The predicted molar refractivity (Wildman–Crippen MR) is 70.5 cm³/mol. The van der Waals surface area contributed by atoms with Gasteiger partial charge in [0.05, 0.1) is 0 Å². The molecule has 0 aromatic heterocycles. The van der Waals surface area contributed by atoms with Gasteiger partial charge in [-0.3, -0.25) is 4.79 Å². The molecule has 0 bridgehead atoms. The van der Waals surface area contributed by atoms with Crippen molar-refractivity contribution in [2.75, 3.05) is 19.6 Å². The van der Waals surface area contributed by atoms with Crippen LogP contribution in [-0.4, -0.2) is 36.8 Å². The maximum atomic E-state index is 10.1. The molecule has 0 aliphatic heterocycles. The van der Waals surface area contributed by atoms with E-state index in [1.54, 1.807) is 0 Å². The summed E-state index contributed by atoms with van der Waals surface area (Å²) in [6.07, 6.45) is 5.60. The number of hydrogen-bond donors (Lipinski definition) is 5. The molecule has 104 valence electrons. The van der Waals surface area contributed by atoms with Crippen LogP contribution in [0.5, 0.6) is 0 Å². The lowest BCUT2D eigenvalue weighted by Gasteiger charge is -2.03. The van der Waals surface area contributed by atoms with Crippen molar-refractivity contribution >= 4 is 5.97 Å². The first-order chi connectivity index (χ1) is 8.09. The molecule has 1 atom stereocenters. The van der Waals surface area contributed by atoms with Crippen molar-refractivity contribution in [2.24, 2.45) is 22.9 Å². The second kappa shape index (κ2) is 15.3. The molecule has 0 aromatic rings. The minimum Gasteiger partial charge on any atom is -0.480 e. The van der Waals surface area contributed by atoms with Crippen LogP contribution in [0.25, 0.3) is 0 Å². The Labute approximate surface area is 104 Å². The monoisotopic (exact) mass is 248 g/mol. The number of hydrogen-bond acceptors (Lipinski definition) is 5. The van der Waals surface area contributed by atoms with Crippen LogP contribution in [0.1, 0.15) is 38.5 Å². The van der Waals surface area contributed by atoms with Crippen LogP contribution in [0.4, 0.5) is 0 Å². The second-order valence-corrected chi connectivity index (χ2v) is 3.87. The van der Waals surface area contributed by atoms with Crippen LogP contribution < -0.4 is 22.9 Å². The number of nitrogens with two attached hydrogens (primary N) is 4. The number of carboxylic acid groups (broad SMARTS) is 1. The average Bonchev–Trinajstić information content (AvgIpc) is 2.30. The molecule has 0 spiro atoms. The van der Waals surface area contributed by atoms with E-state index in [2.05, 4.69) is 0 Å². The first kappa shape index (κ1) is 18.7. The molecule has 0 radical (unpaired) electrons. The first-order valence-corrected chi connectivity index (χ1v) is 6.18. The molecular formula is C11H28N4O2. The minimum atomic E-state index is -0.933. The highest BCUT2D eigenvalue weighted by atomic mass is 16.4. The fraction of sp³-hybridized carbons (Fsp3) is 0.909. The lowest BCUT2D eigenvalue weighted by molar-refractivity contribution is -0.138. The summed E-state index contributed by atoms with van der Waals surface area (Å²) in [7, 11) is 0. The van der Waals surface area contributed by atoms with Gasteiger partial charge in [-0.25, -0.2) is 0 Å². The lowest BCUT2D eigenvalue weighted by atomic mass is 10.1. The van der Waals surface area contributed by atoms with Crippen LogP contribution in [0.15, 0.2) is 0 Å². The molecule has 0 rings (SSSR count). The highest BCUT2D eigenvalue weighted by Crippen LogP contribution is 1.96. The molecule has 0 aliphatic rings. The first-order valence-electron chi connectivity index (χ1n) is 6.18. The Kier molecular flexibility index (Phi) is 16.8. The van der Waals surface area contributed by atoms with Crippen molar-refractivity contribution in [1.82, 2.24) is 0 Å². The van der Waals surface area contributed by atoms with E-state index in [1.807, 2.05) is 0 Å². The Bertz CT molecular complexity index is 164. The van der Waals surface area contributed by atoms with Gasteiger partial charge in [0.2, 0.25) is 0 Å². The average molecular weight is 248 g/mol. The standard InChI is InChI=1S/C6H14N2O2.C5H14N2/c7-4-2-1-3-5(8)6(9)10;6-4-2-1-3-5-7/h5H,1-4,7-8H2,(H,9,10);1-7H2/t5-;/m0./s1. The number of carbonyl (C=O) groups is 1. The summed E-state index contributed by atoms with van der Waals surface area (Å²) in [4.78, 5) is 10.1. The summed E-state index contributed by atoms with van der Waals surface area (Å²) < 4.78 is 0. The molecule has 0 aliphatic carbocycles. The third-order valence-corrected chi connectivity index (χ3v) is 2.19. The van der Waals surface area contributed by atoms with Gasteiger partial charge in [0, 0.05) is 0 Å². The number of rotatable bonds is 9. The third kappa shape index (κ3) is 17.9. The van der Waals surface area contributed by atoms with Crippen LogP contribution in [0.3, 0.4) is 0 Å². The summed E-state index contributed by atoms with van der Waals surface area (Å²) >= 11 is 0. The van der Waals surface area contributed by atoms with Crippen LogP contribution in [-0.2, 0) is 4.79 Å². The molecule has 0 aromatic carbocycles. The number of aliphatic carboxylic acids is 1. The lowest BCUT2D eigenvalue weighted by Crippen LogP contribution is -2.29.